The fourth-order valence-electron chi connectivity index (χ4n) is 1.86. The molecule has 14 heavy (non-hydrogen) atoms. The molecular weight excluding hydrogens is 248 g/mol. The van der Waals surface area contributed by atoms with Crippen LogP contribution < -0.4 is 0 Å². The number of nitrogens with zero attached hydrogens (tertiary/aromatic N) is 2. The molecule has 0 aromatic carbocycles. The van der Waals surface area contributed by atoms with Gasteiger partial charge in [0.2, 0.25) is 0 Å². The van der Waals surface area contributed by atoms with Gasteiger partial charge in [0.1, 0.15) is 10.4 Å². The van der Waals surface area contributed by atoms with Gasteiger partial charge in [0.25, 0.3) is 0 Å². The smallest absolute Gasteiger partial charge is 0.127 e. The van der Waals surface area contributed by atoms with Gasteiger partial charge in [-0.1, -0.05) is 0 Å². The minimum atomic E-state index is -0.252. The van der Waals surface area contributed by atoms with Crippen LogP contribution in [0, 0.1) is 0 Å². The van der Waals surface area contributed by atoms with Crippen molar-refractivity contribution in [3.8, 4) is 0 Å². The van der Waals surface area contributed by atoms with E-state index in [9.17, 15) is 5.11 Å². The summed E-state index contributed by atoms with van der Waals surface area (Å²) in [6.45, 7) is 0.913. The third kappa shape index (κ3) is 1.71. The number of hydrogen-bond donors (Lipinski definition) is 2. The molecule has 0 saturated carbocycles. The Hall–Kier alpha value is -0.390. The third-order valence-electron chi connectivity index (χ3n) is 2.55. The second kappa shape index (κ2) is 4.00. The number of halogens is 1. The predicted octanol–water partition coefficient (Wildman–Crippen LogP) is 0.488. The quantitative estimate of drug-likeness (QED) is 0.814. The molecule has 4 nitrogen and oxygen atoms in total. The zero-order chi connectivity index (χ0) is 10.1. The Labute approximate surface area is 90.7 Å². The normalized spacial score (nSPS) is 20.9. The summed E-state index contributed by atoms with van der Waals surface area (Å²) in [5.41, 5.74) is 1.05. The monoisotopic (exact) mass is 260 g/mol. The van der Waals surface area contributed by atoms with Crippen molar-refractivity contribution in [3.63, 3.8) is 0 Å². The van der Waals surface area contributed by atoms with Gasteiger partial charge in [-0.15, -0.1) is 0 Å². The largest absolute Gasteiger partial charge is 0.396 e. The topological polar surface area (TPSA) is 58.3 Å². The van der Waals surface area contributed by atoms with E-state index in [0.717, 1.165) is 29.1 Å². The standard InChI is InChI=1S/C9H13BrN2O2/c10-9-7-5-6(14)1-3-12(7)8(11-9)2-4-13/h6,13-14H,1-5H2. The molecule has 2 heterocycles. The number of fused-ring (bicyclic) bond motifs is 1. The molecule has 0 bridgehead atoms. The minimum absolute atomic E-state index is 0.117. The van der Waals surface area contributed by atoms with Crippen LogP contribution >= 0.6 is 15.9 Å². The predicted molar refractivity (Wildman–Crippen MR) is 55.0 cm³/mol. The summed E-state index contributed by atoms with van der Waals surface area (Å²) >= 11 is 3.38. The highest BCUT2D eigenvalue weighted by atomic mass is 79.9. The Bertz CT molecular complexity index is 338. The molecule has 78 valence electrons. The number of aliphatic hydroxyl groups is 2. The van der Waals surface area contributed by atoms with Crippen LogP contribution in [-0.4, -0.2) is 32.5 Å². The zero-order valence-electron chi connectivity index (χ0n) is 7.78. The maximum absolute atomic E-state index is 9.51. The first-order valence-electron chi connectivity index (χ1n) is 4.75. The van der Waals surface area contributed by atoms with Crippen LogP contribution in [0.4, 0.5) is 0 Å². The lowest BCUT2D eigenvalue weighted by Gasteiger charge is -2.21. The summed E-state index contributed by atoms with van der Waals surface area (Å²) in [6.07, 6.45) is 1.75. The molecule has 2 rings (SSSR count). The van der Waals surface area contributed by atoms with E-state index in [2.05, 4.69) is 25.5 Å². The van der Waals surface area contributed by atoms with Gasteiger partial charge in [0, 0.05) is 19.4 Å². The van der Waals surface area contributed by atoms with Crippen LogP contribution in [0.25, 0.3) is 0 Å². The Morgan fingerprint density at radius 3 is 3.07 bits per heavy atom. The van der Waals surface area contributed by atoms with E-state index < -0.39 is 0 Å². The molecule has 2 N–H and O–H groups in total. The Balaban J connectivity index is 2.33. The lowest BCUT2D eigenvalue weighted by molar-refractivity contribution is 0.142. The number of hydrogen-bond acceptors (Lipinski definition) is 3. The van der Waals surface area contributed by atoms with E-state index in [1.807, 2.05) is 0 Å². The van der Waals surface area contributed by atoms with E-state index in [1.165, 1.54) is 0 Å². The molecule has 0 aliphatic carbocycles. The first-order chi connectivity index (χ1) is 6.72. The highest BCUT2D eigenvalue weighted by molar-refractivity contribution is 9.10. The minimum Gasteiger partial charge on any atom is -0.396 e. The van der Waals surface area contributed by atoms with Gasteiger partial charge >= 0.3 is 0 Å². The van der Waals surface area contributed by atoms with Gasteiger partial charge in [-0.2, -0.15) is 0 Å². The number of aromatic nitrogens is 2. The number of rotatable bonds is 2. The Morgan fingerprint density at radius 1 is 1.57 bits per heavy atom. The maximum Gasteiger partial charge on any atom is 0.127 e. The number of aliphatic hydroxyl groups excluding tert-OH is 2. The van der Waals surface area contributed by atoms with Crippen LogP contribution in [0.2, 0.25) is 0 Å². The molecule has 1 atom stereocenters. The van der Waals surface area contributed by atoms with E-state index in [-0.39, 0.29) is 12.7 Å². The molecule has 1 aliphatic rings. The van der Waals surface area contributed by atoms with Gasteiger partial charge in [-0.3, -0.25) is 0 Å². The summed E-state index contributed by atoms with van der Waals surface area (Å²) in [7, 11) is 0. The molecule has 1 aromatic heterocycles. The maximum atomic E-state index is 9.51. The van der Waals surface area contributed by atoms with E-state index >= 15 is 0 Å². The average molecular weight is 261 g/mol. The van der Waals surface area contributed by atoms with Crippen molar-refractivity contribution in [1.29, 1.82) is 0 Å². The van der Waals surface area contributed by atoms with E-state index in [1.54, 1.807) is 0 Å². The molecule has 1 unspecified atom stereocenters. The molecular formula is C9H13BrN2O2. The van der Waals surface area contributed by atoms with Crippen molar-refractivity contribution >= 4 is 15.9 Å². The highest BCUT2D eigenvalue weighted by Gasteiger charge is 2.22. The molecule has 0 saturated heterocycles. The van der Waals surface area contributed by atoms with Gasteiger partial charge < -0.3 is 14.8 Å². The summed E-state index contributed by atoms with van der Waals surface area (Å²) in [5.74, 6) is 0.904. The van der Waals surface area contributed by atoms with Crippen molar-refractivity contribution in [2.75, 3.05) is 6.61 Å². The summed E-state index contributed by atoms with van der Waals surface area (Å²) in [6, 6.07) is 0. The molecule has 5 heteroatoms. The zero-order valence-corrected chi connectivity index (χ0v) is 9.37. The molecule has 0 amide bonds. The van der Waals surface area contributed by atoms with Crippen LogP contribution in [-0.2, 0) is 19.4 Å². The first kappa shape index (κ1) is 10.1. The van der Waals surface area contributed by atoms with Gasteiger partial charge in [-0.25, -0.2) is 4.98 Å². The fourth-order valence-corrected chi connectivity index (χ4v) is 2.44. The number of imidazole rings is 1. The lowest BCUT2D eigenvalue weighted by Crippen LogP contribution is -2.24. The summed E-state index contributed by atoms with van der Waals surface area (Å²) in [5, 5.41) is 18.4. The molecule has 0 spiro atoms. The van der Waals surface area contributed by atoms with E-state index in [4.69, 9.17) is 5.11 Å². The fraction of sp³-hybridized carbons (Fsp3) is 0.667. The molecule has 1 aliphatic heterocycles. The molecule has 1 aromatic rings. The first-order valence-corrected chi connectivity index (χ1v) is 5.54. The van der Waals surface area contributed by atoms with Crippen molar-refractivity contribution in [2.24, 2.45) is 0 Å². The third-order valence-corrected chi connectivity index (χ3v) is 3.19. The van der Waals surface area contributed by atoms with E-state index in [0.29, 0.717) is 12.8 Å². The van der Waals surface area contributed by atoms with Gasteiger partial charge in [-0.05, 0) is 22.4 Å². The second-order valence-corrected chi connectivity index (χ2v) is 4.29. The van der Waals surface area contributed by atoms with Crippen molar-refractivity contribution in [1.82, 2.24) is 9.55 Å². The average Bonchev–Trinajstić information content (AvgIpc) is 2.44. The second-order valence-electron chi connectivity index (χ2n) is 3.54. The molecule has 0 fully saturated rings. The highest BCUT2D eigenvalue weighted by Crippen LogP contribution is 2.25. The summed E-state index contributed by atoms with van der Waals surface area (Å²) in [4.78, 5) is 4.32. The Morgan fingerprint density at radius 2 is 2.36 bits per heavy atom. The summed E-state index contributed by atoms with van der Waals surface area (Å²) < 4.78 is 2.90. The van der Waals surface area contributed by atoms with Crippen molar-refractivity contribution < 1.29 is 10.2 Å². The molecule has 0 radical (unpaired) electrons. The van der Waals surface area contributed by atoms with Crippen LogP contribution in [0.5, 0.6) is 0 Å². The van der Waals surface area contributed by atoms with Crippen LogP contribution in [0.1, 0.15) is 17.9 Å². The lowest BCUT2D eigenvalue weighted by atomic mass is 10.1. The Kier molecular flexibility index (Phi) is 2.90. The SMILES string of the molecule is OCCc1nc(Br)c2n1CCC(O)C2. The van der Waals surface area contributed by atoms with Crippen molar-refractivity contribution in [2.45, 2.75) is 31.9 Å². The van der Waals surface area contributed by atoms with Crippen LogP contribution in [0.3, 0.4) is 0 Å². The van der Waals surface area contributed by atoms with Crippen LogP contribution in [0.15, 0.2) is 4.60 Å². The van der Waals surface area contributed by atoms with Gasteiger partial charge in [0.05, 0.1) is 18.4 Å². The van der Waals surface area contributed by atoms with Gasteiger partial charge in [0.15, 0.2) is 0 Å². The van der Waals surface area contributed by atoms with Crippen molar-refractivity contribution in [3.05, 3.63) is 16.1 Å².